The third kappa shape index (κ3) is 3.60. The number of aromatic nitrogens is 3. The van der Waals surface area contributed by atoms with Crippen molar-refractivity contribution in [1.29, 1.82) is 0 Å². The van der Waals surface area contributed by atoms with E-state index in [0.717, 1.165) is 5.56 Å². The molecular weight excluding hydrogens is 250 g/mol. The molecular formula is C11H11N5O3. The summed E-state index contributed by atoms with van der Waals surface area (Å²) in [5.74, 6) is -0.545. The van der Waals surface area contributed by atoms with E-state index in [1.807, 2.05) is 0 Å². The highest BCUT2D eigenvalue weighted by atomic mass is 16.6. The Bertz CT molecular complexity index is 581. The normalized spacial score (nSPS) is 10.1. The molecule has 2 aromatic rings. The Labute approximate surface area is 108 Å². The molecule has 0 spiro atoms. The molecule has 2 aromatic heterocycles. The first-order chi connectivity index (χ1) is 9.15. The number of hydrogen-bond acceptors (Lipinski definition) is 5. The van der Waals surface area contributed by atoms with E-state index in [2.05, 4.69) is 15.4 Å². The highest BCUT2D eigenvalue weighted by Crippen LogP contribution is 2.04. The Morgan fingerprint density at radius 2 is 2.11 bits per heavy atom. The van der Waals surface area contributed by atoms with Crippen LogP contribution in [0.2, 0.25) is 0 Å². The number of carbonyl (C=O) groups is 1. The van der Waals surface area contributed by atoms with Crippen molar-refractivity contribution in [3.05, 3.63) is 52.5 Å². The van der Waals surface area contributed by atoms with Crippen LogP contribution in [0.3, 0.4) is 0 Å². The molecule has 1 amide bonds. The Balaban J connectivity index is 1.85. The van der Waals surface area contributed by atoms with Gasteiger partial charge in [0.15, 0.2) is 0 Å². The monoisotopic (exact) mass is 261 g/mol. The number of nitrogens with one attached hydrogen (secondary N) is 1. The van der Waals surface area contributed by atoms with Gasteiger partial charge in [-0.2, -0.15) is 4.68 Å². The van der Waals surface area contributed by atoms with Crippen molar-refractivity contribution in [2.24, 2.45) is 0 Å². The lowest BCUT2D eigenvalue weighted by atomic mass is 10.3. The molecule has 98 valence electrons. The third-order valence-corrected chi connectivity index (χ3v) is 2.36. The topological polar surface area (TPSA) is 103 Å². The van der Waals surface area contributed by atoms with Crippen LogP contribution in [0, 0.1) is 10.1 Å². The predicted molar refractivity (Wildman–Crippen MR) is 65.0 cm³/mol. The lowest BCUT2D eigenvalue weighted by molar-refractivity contribution is -0.389. The minimum atomic E-state index is -0.606. The van der Waals surface area contributed by atoms with Crippen molar-refractivity contribution < 1.29 is 9.72 Å². The molecule has 0 radical (unpaired) electrons. The number of pyridine rings is 1. The van der Waals surface area contributed by atoms with E-state index in [9.17, 15) is 14.9 Å². The van der Waals surface area contributed by atoms with Crippen molar-refractivity contribution in [2.45, 2.75) is 13.1 Å². The summed E-state index contributed by atoms with van der Waals surface area (Å²) in [6.45, 7) is 0.323. The van der Waals surface area contributed by atoms with E-state index in [0.29, 0.717) is 6.54 Å². The van der Waals surface area contributed by atoms with Gasteiger partial charge in [0.1, 0.15) is 6.54 Å². The second-order valence-electron chi connectivity index (χ2n) is 3.76. The van der Waals surface area contributed by atoms with Gasteiger partial charge in [0.05, 0.1) is 17.4 Å². The number of carbonyl (C=O) groups excluding carboxylic acids is 1. The summed E-state index contributed by atoms with van der Waals surface area (Å²) in [5.41, 5.74) is 0.926. The second kappa shape index (κ2) is 5.71. The van der Waals surface area contributed by atoms with Crippen LogP contribution >= 0.6 is 0 Å². The van der Waals surface area contributed by atoms with Crippen molar-refractivity contribution in [1.82, 2.24) is 20.1 Å². The molecule has 0 fully saturated rings. The summed E-state index contributed by atoms with van der Waals surface area (Å²) in [7, 11) is 0. The van der Waals surface area contributed by atoms with Crippen LogP contribution in [-0.2, 0) is 17.9 Å². The maximum Gasteiger partial charge on any atom is 0.389 e. The smallest absolute Gasteiger partial charge is 0.358 e. The molecule has 19 heavy (non-hydrogen) atoms. The van der Waals surface area contributed by atoms with Crippen molar-refractivity contribution >= 4 is 11.7 Å². The fraction of sp³-hybridized carbons (Fsp3) is 0.182. The second-order valence-corrected chi connectivity index (χ2v) is 3.76. The van der Waals surface area contributed by atoms with Gasteiger partial charge < -0.3 is 15.4 Å². The minimum absolute atomic E-state index is 0.0566. The standard InChI is InChI=1S/C11H11N5O3/c17-11(13-7-9-1-4-12-5-2-9)8-15-6-3-10(14-15)16(18)19/h1-6H,7-8H2,(H,13,17). The molecule has 0 bridgehead atoms. The molecule has 0 saturated heterocycles. The molecule has 0 saturated carbocycles. The molecule has 0 aliphatic carbocycles. The molecule has 8 heteroatoms. The molecule has 0 aliphatic rings. The molecule has 0 aromatic carbocycles. The average Bonchev–Trinajstić information content (AvgIpc) is 2.86. The fourth-order valence-corrected chi connectivity index (χ4v) is 1.44. The van der Waals surface area contributed by atoms with E-state index >= 15 is 0 Å². The highest BCUT2D eigenvalue weighted by molar-refractivity contribution is 5.75. The average molecular weight is 261 g/mol. The van der Waals surface area contributed by atoms with Crippen LogP contribution in [0.1, 0.15) is 5.56 Å². The first kappa shape index (κ1) is 12.7. The van der Waals surface area contributed by atoms with Gasteiger partial charge in [-0.1, -0.05) is 0 Å². The van der Waals surface area contributed by atoms with Crippen LogP contribution in [0.5, 0.6) is 0 Å². The van der Waals surface area contributed by atoms with Crippen molar-refractivity contribution in [2.75, 3.05) is 0 Å². The molecule has 1 N–H and O–H groups in total. The van der Waals surface area contributed by atoms with Gasteiger partial charge in [0, 0.05) is 18.9 Å². The van der Waals surface area contributed by atoms with Crippen LogP contribution in [0.4, 0.5) is 5.82 Å². The van der Waals surface area contributed by atoms with E-state index in [1.54, 1.807) is 24.5 Å². The van der Waals surface area contributed by atoms with Crippen LogP contribution in [0.25, 0.3) is 0 Å². The quantitative estimate of drug-likeness (QED) is 0.623. The number of nitrogens with zero attached hydrogens (tertiary/aromatic N) is 4. The van der Waals surface area contributed by atoms with Gasteiger partial charge in [-0.15, -0.1) is 0 Å². The summed E-state index contributed by atoms with van der Waals surface area (Å²) in [5, 5.41) is 16.8. The van der Waals surface area contributed by atoms with Crippen molar-refractivity contribution in [3.63, 3.8) is 0 Å². The number of amides is 1. The molecule has 2 rings (SSSR count). The molecule has 0 unspecified atom stereocenters. The first-order valence-electron chi connectivity index (χ1n) is 5.48. The maximum absolute atomic E-state index is 11.6. The summed E-state index contributed by atoms with van der Waals surface area (Å²) in [4.78, 5) is 25.3. The first-order valence-corrected chi connectivity index (χ1v) is 5.48. The Kier molecular flexibility index (Phi) is 3.81. The van der Waals surface area contributed by atoms with Crippen LogP contribution < -0.4 is 5.32 Å². The lowest BCUT2D eigenvalue weighted by Gasteiger charge is -2.03. The molecule has 2 heterocycles. The van der Waals surface area contributed by atoms with E-state index in [-0.39, 0.29) is 18.3 Å². The highest BCUT2D eigenvalue weighted by Gasteiger charge is 2.12. The number of hydrogen-bond donors (Lipinski definition) is 1. The van der Waals surface area contributed by atoms with Gasteiger partial charge in [-0.25, -0.2) is 0 Å². The maximum atomic E-state index is 11.6. The predicted octanol–water partition coefficient (Wildman–Crippen LogP) is 0.503. The summed E-state index contributed by atoms with van der Waals surface area (Å²) in [6, 6.07) is 4.83. The van der Waals surface area contributed by atoms with E-state index < -0.39 is 4.92 Å². The summed E-state index contributed by atoms with van der Waals surface area (Å²) < 4.78 is 1.22. The van der Waals surface area contributed by atoms with Gasteiger partial charge in [0.2, 0.25) is 5.91 Å². The molecule has 0 atom stereocenters. The zero-order chi connectivity index (χ0) is 13.7. The summed E-state index contributed by atoms with van der Waals surface area (Å²) in [6.07, 6.45) is 4.67. The van der Waals surface area contributed by atoms with E-state index in [4.69, 9.17) is 0 Å². The van der Waals surface area contributed by atoms with Gasteiger partial charge >= 0.3 is 5.82 Å². The SMILES string of the molecule is O=C(Cn1ccc([N+](=O)[O-])n1)NCc1ccncc1. The molecule has 0 aliphatic heterocycles. The summed E-state index contributed by atoms with van der Waals surface area (Å²) >= 11 is 0. The number of rotatable bonds is 5. The Morgan fingerprint density at radius 1 is 1.37 bits per heavy atom. The van der Waals surface area contributed by atoms with E-state index in [1.165, 1.54) is 16.9 Å². The van der Waals surface area contributed by atoms with Crippen LogP contribution in [0.15, 0.2) is 36.8 Å². The lowest BCUT2D eigenvalue weighted by Crippen LogP contribution is -2.27. The van der Waals surface area contributed by atoms with Crippen molar-refractivity contribution in [3.8, 4) is 0 Å². The van der Waals surface area contributed by atoms with Gasteiger partial charge in [0.25, 0.3) is 0 Å². The third-order valence-electron chi connectivity index (χ3n) is 2.36. The largest absolute Gasteiger partial charge is 0.389 e. The van der Waals surface area contributed by atoms with Crippen LogP contribution in [-0.4, -0.2) is 25.6 Å². The fourth-order valence-electron chi connectivity index (χ4n) is 1.44. The zero-order valence-electron chi connectivity index (χ0n) is 9.89. The number of nitro groups is 1. The van der Waals surface area contributed by atoms with Gasteiger partial charge in [-0.05, 0) is 22.6 Å². The minimum Gasteiger partial charge on any atom is -0.358 e. The molecule has 8 nitrogen and oxygen atoms in total. The zero-order valence-corrected chi connectivity index (χ0v) is 9.89. The Hall–Kier alpha value is -2.77. The van der Waals surface area contributed by atoms with Gasteiger partial charge in [-0.3, -0.25) is 9.78 Å². The Morgan fingerprint density at radius 3 is 2.74 bits per heavy atom.